The number of rotatable bonds is 6. The summed E-state index contributed by atoms with van der Waals surface area (Å²) in [5, 5.41) is 3.40. The maximum absolute atomic E-state index is 4.65. The molecule has 1 N–H and O–H groups in total. The average Bonchev–Trinajstić information content (AvgIpc) is 3.22. The number of hydrogen-bond donors (Lipinski definition) is 1. The molecule has 1 atom stereocenters. The molecule has 0 aromatic carbocycles. The zero-order chi connectivity index (χ0) is 14.0. The summed E-state index contributed by atoms with van der Waals surface area (Å²) >= 11 is 0. The summed E-state index contributed by atoms with van der Waals surface area (Å²) in [4.78, 5) is 11.5. The molecular weight excluding hydrogens is 236 g/mol. The monoisotopic (exact) mass is 262 g/mol. The van der Waals surface area contributed by atoms with Crippen LogP contribution in [0.5, 0.6) is 0 Å². The largest absolute Gasteiger partial charge is 0.370 e. The topological polar surface area (TPSA) is 41.1 Å². The molecule has 1 heterocycles. The van der Waals surface area contributed by atoms with Crippen molar-refractivity contribution in [2.75, 3.05) is 23.8 Å². The third kappa shape index (κ3) is 3.17. The maximum atomic E-state index is 4.65. The zero-order valence-corrected chi connectivity index (χ0v) is 12.8. The Kier molecular flexibility index (Phi) is 4.27. The van der Waals surface area contributed by atoms with E-state index in [-0.39, 0.29) is 0 Å². The highest BCUT2D eigenvalue weighted by atomic mass is 15.2. The van der Waals surface area contributed by atoms with Crippen molar-refractivity contribution in [3.63, 3.8) is 0 Å². The Hall–Kier alpha value is -1.32. The van der Waals surface area contributed by atoms with Gasteiger partial charge in [-0.3, -0.25) is 0 Å². The summed E-state index contributed by atoms with van der Waals surface area (Å²) in [5.74, 6) is 3.74. The van der Waals surface area contributed by atoms with Gasteiger partial charge in [-0.15, -0.1) is 0 Å². The molecule has 4 heteroatoms. The molecule has 1 aliphatic carbocycles. The highest BCUT2D eigenvalue weighted by molar-refractivity contribution is 5.58. The Labute approximate surface area is 116 Å². The summed E-state index contributed by atoms with van der Waals surface area (Å²) < 4.78 is 0. The molecule has 0 spiro atoms. The third-order valence-corrected chi connectivity index (χ3v) is 4.02. The van der Waals surface area contributed by atoms with Gasteiger partial charge in [-0.1, -0.05) is 6.92 Å². The van der Waals surface area contributed by atoms with Crippen LogP contribution in [0.4, 0.5) is 11.6 Å². The van der Waals surface area contributed by atoms with Crippen LogP contribution in [0.15, 0.2) is 0 Å². The quantitative estimate of drug-likeness (QED) is 0.855. The Morgan fingerprint density at radius 3 is 2.58 bits per heavy atom. The molecule has 0 radical (unpaired) electrons. The van der Waals surface area contributed by atoms with E-state index in [0.717, 1.165) is 41.9 Å². The lowest BCUT2D eigenvalue weighted by molar-refractivity contribution is 0.601. The first-order valence-corrected chi connectivity index (χ1v) is 7.36. The van der Waals surface area contributed by atoms with Crippen molar-refractivity contribution in [1.29, 1.82) is 0 Å². The predicted octanol–water partition coefficient (Wildman–Crippen LogP) is 3.15. The van der Waals surface area contributed by atoms with E-state index in [1.54, 1.807) is 0 Å². The lowest BCUT2D eigenvalue weighted by Gasteiger charge is -2.28. The van der Waals surface area contributed by atoms with E-state index in [1.165, 1.54) is 12.8 Å². The van der Waals surface area contributed by atoms with Gasteiger partial charge in [0.15, 0.2) is 0 Å². The van der Waals surface area contributed by atoms with E-state index in [1.807, 2.05) is 6.92 Å². The normalized spacial score (nSPS) is 16.3. The molecule has 0 aliphatic heterocycles. The molecule has 1 saturated carbocycles. The molecule has 106 valence electrons. The first-order valence-electron chi connectivity index (χ1n) is 7.36. The summed E-state index contributed by atoms with van der Waals surface area (Å²) in [5.41, 5.74) is 1.16. The first kappa shape index (κ1) is 14.1. The summed E-state index contributed by atoms with van der Waals surface area (Å²) in [6, 6.07) is 0.562. The van der Waals surface area contributed by atoms with Crippen LogP contribution in [0.3, 0.4) is 0 Å². The van der Waals surface area contributed by atoms with Crippen molar-refractivity contribution in [2.45, 2.75) is 53.0 Å². The molecular formula is C15H26N4. The van der Waals surface area contributed by atoms with Crippen LogP contribution < -0.4 is 10.2 Å². The Bertz CT molecular complexity index is 440. The molecule has 1 unspecified atom stereocenters. The molecule has 1 aromatic rings. The number of aromatic nitrogens is 2. The molecule has 0 saturated heterocycles. The van der Waals surface area contributed by atoms with E-state index < -0.39 is 0 Å². The Balaban J connectivity index is 2.25. The number of hydrogen-bond acceptors (Lipinski definition) is 4. The minimum absolute atomic E-state index is 0.562. The van der Waals surface area contributed by atoms with Crippen molar-refractivity contribution in [3.8, 4) is 0 Å². The second-order valence-corrected chi connectivity index (χ2v) is 5.68. The molecule has 4 nitrogen and oxygen atoms in total. The Morgan fingerprint density at radius 2 is 2.00 bits per heavy atom. The van der Waals surface area contributed by atoms with E-state index in [0.29, 0.717) is 6.04 Å². The Morgan fingerprint density at radius 1 is 1.32 bits per heavy atom. The summed E-state index contributed by atoms with van der Waals surface area (Å²) in [6.45, 7) is 9.50. The molecule has 19 heavy (non-hydrogen) atoms. The van der Waals surface area contributed by atoms with Crippen LogP contribution in [0.25, 0.3) is 0 Å². The molecule has 0 amide bonds. The van der Waals surface area contributed by atoms with Gasteiger partial charge in [0, 0.05) is 25.2 Å². The van der Waals surface area contributed by atoms with Crippen molar-refractivity contribution in [2.24, 2.45) is 5.92 Å². The van der Waals surface area contributed by atoms with Crippen LogP contribution in [-0.4, -0.2) is 29.6 Å². The highest BCUT2D eigenvalue weighted by Crippen LogP contribution is 2.37. The predicted molar refractivity (Wildman–Crippen MR) is 80.9 cm³/mol. The minimum Gasteiger partial charge on any atom is -0.370 e. The van der Waals surface area contributed by atoms with Crippen LogP contribution in [0.1, 0.15) is 44.5 Å². The number of nitrogens with one attached hydrogen (secondary N) is 1. The van der Waals surface area contributed by atoms with Crippen molar-refractivity contribution >= 4 is 11.6 Å². The van der Waals surface area contributed by atoms with Gasteiger partial charge < -0.3 is 10.2 Å². The van der Waals surface area contributed by atoms with Crippen molar-refractivity contribution < 1.29 is 0 Å². The van der Waals surface area contributed by atoms with Crippen molar-refractivity contribution in [3.05, 3.63) is 11.4 Å². The average molecular weight is 262 g/mol. The number of aryl methyl sites for hydroxylation is 1. The van der Waals surface area contributed by atoms with E-state index in [4.69, 9.17) is 0 Å². The van der Waals surface area contributed by atoms with Gasteiger partial charge in [-0.25, -0.2) is 9.97 Å². The van der Waals surface area contributed by atoms with E-state index >= 15 is 0 Å². The van der Waals surface area contributed by atoms with E-state index in [9.17, 15) is 0 Å². The lowest BCUT2D eigenvalue weighted by Crippen LogP contribution is -2.32. The SMILES string of the molecule is CCCNc1nc(C)nc(N(C)C(C)C2CC2)c1C. The molecule has 0 bridgehead atoms. The summed E-state index contributed by atoms with van der Waals surface area (Å²) in [6.07, 6.45) is 3.82. The van der Waals surface area contributed by atoms with Gasteiger partial charge in [0.2, 0.25) is 0 Å². The van der Waals surface area contributed by atoms with Crippen LogP contribution in [0.2, 0.25) is 0 Å². The maximum Gasteiger partial charge on any atom is 0.137 e. The number of nitrogens with zero attached hydrogens (tertiary/aromatic N) is 3. The van der Waals surface area contributed by atoms with Crippen LogP contribution in [0, 0.1) is 19.8 Å². The molecule has 1 aliphatic rings. The van der Waals surface area contributed by atoms with Crippen molar-refractivity contribution in [1.82, 2.24) is 9.97 Å². The standard InChI is InChI=1S/C15H26N4/c1-6-9-16-14-10(2)15(18-12(4)17-14)19(5)11(3)13-7-8-13/h11,13H,6-9H2,1-5H3,(H,16,17,18). The highest BCUT2D eigenvalue weighted by Gasteiger charge is 2.31. The van der Waals surface area contributed by atoms with Gasteiger partial charge in [0.05, 0.1) is 0 Å². The fourth-order valence-electron chi connectivity index (χ4n) is 2.46. The number of anilines is 2. The lowest BCUT2D eigenvalue weighted by atomic mass is 10.1. The van der Waals surface area contributed by atoms with Gasteiger partial charge in [-0.2, -0.15) is 0 Å². The van der Waals surface area contributed by atoms with Crippen LogP contribution in [-0.2, 0) is 0 Å². The second kappa shape index (κ2) is 5.76. The fraction of sp³-hybridized carbons (Fsp3) is 0.733. The minimum atomic E-state index is 0.562. The van der Waals surface area contributed by atoms with Gasteiger partial charge >= 0.3 is 0 Å². The zero-order valence-electron chi connectivity index (χ0n) is 12.8. The van der Waals surface area contributed by atoms with Gasteiger partial charge in [0.1, 0.15) is 17.5 Å². The van der Waals surface area contributed by atoms with E-state index in [2.05, 4.69) is 48.0 Å². The molecule has 2 rings (SSSR count). The second-order valence-electron chi connectivity index (χ2n) is 5.68. The fourth-order valence-corrected chi connectivity index (χ4v) is 2.46. The first-order chi connectivity index (χ1) is 9.04. The third-order valence-electron chi connectivity index (χ3n) is 4.02. The van der Waals surface area contributed by atoms with Crippen LogP contribution >= 0.6 is 0 Å². The van der Waals surface area contributed by atoms with Gasteiger partial charge in [-0.05, 0) is 46.0 Å². The molecule has 1 aromatic heterocycles. The summed E-state index contributed by atoms with van der Waals surface area (Å²) in [7, 11) is 2.15. The smallest absolute Gasteiger partial charge is 0.137 e. The molecule has 1 fully saturated rings. The van der Waals surface area contributed by atoms with Gasteiger partial charge in [0.25, 0.3) is 0 Å².